The van der Waals surface area contributed by atoms with E-state index in [4.69, 9.17) is 9.47 Å². The van der Waals surface area contributed by atoms with Gasteiger partial charge in [0.15, 0.2) is 0 Å². The maximum Gasteiger partial charge on any atom is 0.281 e. The Morgan fingerprint density at radius 1 is 1.06 bits per heavy atom. The van der Waals surface area contributed by atoms with Gasteiger partial charge in [-0.05, 0) is 63.1 Å². The third-order valence-electron chi connectivity index (χ3n) is 6.40. The SMILES string of the molecule is COc1ccc(OC)c(CCNC(=O)[C@@H](C)n2c(C)c3cnn(-c4ccccc4)c(=O)c3c2C)c1. The molecule has 4 rings (SSSR count). The van der Waals surface area contributed by atoms with Gasteiger partial charge < -0.3 is 19.4 Å². The van der Waals surface area contributed by atoms with Crippen LogP contribution >= 0.6 is 0 Å². The summed E-state index contributed by atoms with van der Waals surface area (Å²) in [7, 11) is 3.24. The van der Waals surface area contributed by atoms with Crippen LogP contribution in [0, 0.1) is 13.8 Å². The lowest BCUT2D eigenvalue weighted by Gasteiger charge is -2.18. The van der Waals surface area contributed by atoms with E-state index in [0.717, 1.165) is 33.8 Å². The Hall–Kier alpha value is -4.07. The number of ether oxygens (including phenoxy) is 2. The smallest absolute Gasteiger partial charge is 0.281 e. The summed E-state index contributed by atoms with van der Waals surface area (Å²) in [5, 5.41) is 8.71. The molecule has 0 aliphatic rings. The van der Waals surface area contributed by atoms with Crippen LogP contribution in [0.5, 0.6) is 11.5 Å². The van der Waals surface area contributed by atoms with Gasteiger partial charge in [0.1, 0.15) is 17.5 Å². The first kappa shape index (κ1) is 24.1. The average molecular weight is 475 g/mol. The molecule has 4 aromatic rings. The quantitative estimate of drug-likeness (QED) is 0.420. The Morgan fingerprint density at radius 2 is 1.80 bits per heavy atom. The maximum atomic E-state index is 13.3. The molecular weight excluding hydrogens is 444 g/mol. The van der Waals surface area contributed by atoms with Crippen LogP contribution in [0.4, 0.5) is 0 Å². The molecule has 0 saturated carbocycles. The van der Waals surface area contributed by atoms with Crippen molar-refractivity contribution >= 4 is 16.7 Å². The second kappa shape index (κ2) is 10.0. The van der Waals surface area contributed by atoms with Crippen molar-refractivity contribution in [3.63, 3.8) is 0 Å². The van der Waals surface area contributed by atoms with Crippen molar-refractivity contribution in [2.75, 3.05) is 20.8 Å². The summed E-state index contributed by atoms with van der Waals surface area (Å²) in [6.45, 7) is 6.06. The standard InChI is InChI=1S/C27H30N4O4/c1-17-23-16-29-31(21-9-7-6-8-10-21)27(33)25(23)18(2)30(17)19(3)26(32)28-14-13-20-15-22(34-4)11-12-24(20)35-5/h6-12,15-16,19H,13-14H2,1-5H3,(H,28,32)/t19-/m1/s1. The molecule has 182 valence electrons. The Kier molecular flexibility index (Phi) is 6.91. The minimum Gasteiger partial charge on any atom is -0.497 e. The lowest BCUT2D eigenvalue weighted by atomic mass is 10.1. The number of fused-ring (bicyclic) bond motifs is 1. The molecule has 0 aliphatic carbocycles. The van der Waals surface area contributed by atoms with Crippen LogP contribution in [0.15, 0.2) is 59.5 Å². The second-order valence-electron chi connectivity index (χ2n) is 8.42. The van der Waals surface area contributed by atoms with Gasteiger partial charge in [0.2, 0.25) is 5.91 Å². The predicted octanol–water partition coefficient (Wildman–Crippen LogP) is 3.74. The first-order valence-corrected chi connectivity index (χ1v) is 11.5. The summed E-state index contributed by atoms with van der Waals surface area (Å²) < 4.78 is 14.0. The van der Waals surface area contributed by atoms with E-state index in [9.17, 15) is 9.59 Å². The molecule has 2 aromatic heterocycles. The van der Waals surface area contributed by atoms with Crippen LogP contribution in [0.2, 0.25) is 0 Å². The molecule has 0 saturated heterocycles. The van der Waals surface area contributed by atoms with Crippen molar-refractivity contribution in [2.24, 2.45) is 0 Å². The van der Waals surface area contributed by atoms with Gasteiger partial charge in [-0.3, -0.25) is 9.59 Å². The zero-order valence-corrected chi connectivity index (χ0v) is 20.7. The van der Waals surface area contributed by atoms with Crippen molar-refractivity contribution in [3.05, 3.63) is 82.0 Å². The van der Waals surface area contributed by atoms with Crippen LogP contribution < -0.4 is 20.3 Å². The van der Waals surface area contributed by atoms with Gasteiger partial charge in [0.05, 0.1) is 31.5 Å². The van der Waals surface area contributed by atoms with Crippen LogP contribution in [0.1, 0.15) is 29.9 Å². The first-order chi connectivity index (χ1) is 16.9. The summed E-state index contributed by atoms with van der Waals surface area (Å²) in [6.07, 6.45) is 2.29. The zero-order valence-electron chi connectivity index (χ0n) is 20.7. The van der Waals surface area contributed by atoms with Gasteiger partial charge in [0.25, 0.3) is 5.56 Å². The second-order valence-corrected chi connectivity index (χ2v) is 8.42. The van der Waals surface area contributed by atoms with E-state index in [0.29, 0.717) is 24.0 Å². The zero-order chi connectivity index (χ0) is 25.1. The van der Waals surface area contributed by atoms with E-state index in [1.165, 1.54) is 4.68 Å². The van der Waals surface area contributed by atoms with Crippen molar-refractivity contribution < 1.29 is 14.3 Å². The van der Waals surface area contributed by atoms with Crippen molar-refractivity contribution in [3.8, 4) is 17.2 Å². The molecule has 35 heavy (non-hydrogen) atoms. The highest BCUT2D eigenvalue weighted by Gasteiger charge is 2.23. The maximum absolute atomic E-state index is 13.3. The lowest BCUT2D eigenvalue weighted by Crippen LogP contribution is -2.33. The Bertz CT molecular complexity index is 1420. The number of amides is 1. The molecule has 2 aromatic carbocycles. The summed E-state index contributed by atoms with van der Waals surface area (Å²) >= 11 is 0. The Labute approximate surface area is 204 Å². The summed E-state index contributed by atoms with van der Waals surface area (Å²) in [5.74, 6) is 1.36. The normalized spacial score (nSPS) is 11.9. The first-order valence-electron chi connectivity index (χ1n) is 11.5. The molecule has 0 unspecified atom stereocenters. The Morgan fingerprint density at radius 3 is 2.49 bits per heavy atom. The highest BCUT2D eigenvalue weighted by Crippen LogP contribution is 2.27. The van der Waals surface area contributed by atoms with E-state index in [1.54, 1.807) is 20.4 Å². The number of aromatic nitrogens is 3. The number of aryl methyl sites for hydroxylation is 2. The van der Waals surface area contributed by atoms with Crippen LogP contribution in [-0.2, 0) is 11.2 Å². The molecule has 1 atom stereocenters. The molecule has 8 nitrogen and oxygen atoms in total. The summed E-state index contributed by atoms with van der Waals surface area (Å²) in [4.78, 5) is 26.4. The van der Waals surface area contributed by atoms with E-state index in [2.05, 4.69) is 10.4 Å². The van der Waals surface area contributed by atoms with Crippen LogP contribution in [0.3, 0.4) is 0 Å². The minimum absolute atomic E-state index is 0.130. The highest BCUT2D eigenvalue weighted by atomic mass is 16.5. The predicted molar refractivity (Wildman–Crippen MR) is 136 cm³/mol. The van der Waals surface area contributed by atoms with Gasteiger partial charge in [-0.15, -0.1) is 0 Å². The number of nitrogens with zero attached hydrogens (tertiary/aromatic N) is 3. The fourth-order valence-electron chi connectivity index (χ4n) is 4.58. The van der Waals surface area contributed by atoms with Gasteiger partial charge in [-0.25, -0.2) is 0 Å². The van der Waals surface area contributed by atoms with Gasteiger partial charge in [-0.1, -0.05) is 18.2 Å². The molecule has 0 spiro atoms. The van der Waals surface area contributed by atoms with E-state index < -0.39 is 6.04 Å². The van der Waals surface area contributed by atoms with Crippen LogP contribution in [-0.4, -0.2) is 41.0 Å². The number of rotatable bonds is 8. The number of methoxy groups -OCH3 is 2. The number of nitrogens with one attached hydrogen (secondary N) is 1. The average Bonchev–Trinajstić information content (AvgIpc) is 3.14. The van der Waals surface area contributed by atoms with Crippen molar-refractivity contribution in [2.45, 2.75) is 33.2 Å². The van der Waals surface area contributed by atoms with Gasteiger partial charge in [-0.2, -0.15) is 9.78 Å². The third kappa shape index (κ3) is 4.51. The lowest BCUT2D eigenvalue weighted by molar-refractivity contribution is -0.123. The van der Waals surface area contributed by atoms with Gasteiger partial charge in [0, 0.05) is 23.3 Å². The molecule has 2 heterocycles. The van der Waals surface area contributed by atoms with E-state index >= 15 is 0 Å². The fraction of sp³-hybridized carbons (Fsp3) is 0.296. The molecular formula is C27H30N4O4. The number of carbonyl (C=O) groups excluding carboxylic acids is 1. The molecule has 0 aliphatic heterocycles. The largest absolute Gasteiger partial charge is 0.497 e. The summed E-state index contributed by atoms with van der Waals surface area (Å²) in [5.41, 5.74) is 3.02. The monoisotopic (exact) mass is 474 g/mol. The molecule has 1 amide bonds. The summed E-state index contributed by atoms with van der Waals surface area (Å²) in [6, 6.07) is 14.4. The van der Waals surface area contributed by atoms with Crippen LogP contribution in [0.25, 0.3) is 16.5 Å². The molecule has 1 N–H and O–H groups in total. The highest BCUT2D eigenvalue weighted by molar-refractivity contribution is 5.89. The molecule has 0 radical (unpaired) electrons. The number of hydrogen-bond acceptors (Lipinski definition) is 5. The third-order valence-corrected chi connectivity index (χ3v) is 6.40. The number of hydrogen-bond donors (Lipinski definition) is 1. The topological polar surface area (TPSA) is 87.4 Å². The number of carbonyl (C=O) groups is 1. The van der Waals surface area contributed by atoms with E-state index in [-0.39, 0.29) is 11.5 Å². The number of para-hydroxylation sites is 1. The molecule has 8 heteroatoms. The number of benzene rings is 2. The van der Waals surface area contributed by atoms with E-state index in [1.807, 2.05) is 73.9 Å². The molecule has 0 bridgehead atoms. The Balaban J connectivity index is 1.57. The van der Waals surface area contributed by atoms with Crippen molar-refractivity contribution in [1.29, 1.82) is 0 Å². The minimum atomic E-state index is -0.501. The molecule has 0 fully saturated rings. The van der Waals surface area contributed by atoms with Crippen molar-refractivity contribution in [1.82, 2.24) is 19.7 Å². The fourth-order valence-corrected chi connectivity index (χ4v) is 4.58. The van der Waals surface area contributed by atoms with Gasteiger partial charge >= 0.3 is 0 Å².